The van der Waals surface area contributed by atoms with E-state index in [2.05, 4.69) is 17.1 Å². The molecule has 0 unspecified atom stereocenters. The van der Waals surface area contributed by atoms with E-state index in [0.717, 1.165) is 32.4 Å². The van der Waals surface area contributed by atoms with Crippen LogP contribution >= 0.6 is 12.2 Å². The van der Waals surface area contributed by atoms with Gasteiger partial charge in [-0.25, -0.2) is 0 Å². The molecule has 0 saturated heterocycles. The third kappa shape index (κ3) is 10.2. The smallest absolute Gasteiger partial charge is 0.234 e. The fourth-order valence-corrected chi connectivity index (χ4v) is 1.70. The molecule has 0 aromatic heterocycles. The third-order valence-corrected chi connectivity index (χ3v) is 2.62. The molecule has 0 radical (unpaired) electrons. The molecule has 0 bridgehead atoms. The lowest BCUT2D eigenvalue weighted by atomic mass is 10.2. The second-order valence-corrected chi connectivity index (χ2v) is 5.04. The summed E-state index contributed by atoms with van der Waals surface area (Å²) in [7, 11) is 0. The van der Waals surface area contributed by atoms with Crippen molar-refractivity contribution in [2.45, 2.75) is 46.1 Å². The molecule has 5 heteroatoms. The Morgan fingerprint density at radius 2 is 2.06 bits per heavy atom. The van der Waals surface area contributed by atoms with Gasteiger partial charge < -0.3 is 11.1 Å². The molecule has 0 aliphatic carbocycles. The second-order valence-electron chi connectivity index (χ2n) is 4.51. The lowest BCUT2D eigenvalue weighted by molar-refractivity contribution is -0.122. The first-order valence-corrected chi connectivity index (χ1v) is 6.66. The molecule has 0 aromatic carbocycles. The zero-order valence-electron chi connectivity index (χ0n) is 11.2. The number of rotatable bonds is 9. The van der Waals surface area contributed by atoms with Crippen LogP contribution in [-0.4, -0.2) is 41.5 Å². The zero-order chi connectivity index (χ0) is 13.3. The molecule has 1 amide bonds. The molecule has 100 valence electrons. The normalized spacial score (nSPS) is 10.9. The predicted octanol–water partition coefficient (Wildman–Crippen LogP) is 1.29. The Bertz CT molecular complexity index is 244. The third-order valence-electron chi connectivity index (χ3n) is 2.41. The van der Waals surface area contributed by atoms with Crippen molar-refractivity contribution in [3.63, 3.8) is 0 Å². The summed E-state index contributed by atoms with van der Waals surface area (Å²) in [6.07, 6.45) is 2.82. The summed E-state index contributed by atoms with van der Waals surface area (Å²) in [6, 6.07) is 0.204. The Balaban J connectivity index is 3.75. The number of amides is 1. The van der Waals surface area contributed by atoms with Crippen molar-refractivity contribution in [3.05, 3.63) is 0 Å². The Kier molecular flexibility index (Phi) is 8.99. The number of thiocarbonyl (C=S) groups is 1. The van der Waals surface area contributed by atoms with Crippen LogP contribution in [0.2, 0.25) is 0 Å². The standard InChI is InChI=1S/C12H25N3OS/c1-4-15(8-6-5-7-11(13)17)9-12(16)14-10(2)3/h10H,4-9H2,1-3H3,(H2,13,17)(H,14,16). The molecule has 3 N–H and O–H groups in total. The van der Waals surface area contributed by atoms with Crippen molar-refractivity contribution in [1.29, 1.82) is 0 Å². The van der Waals surface area contributed by atoms with Gasteiger partial charge in [0.15, 0.2) is 0 Å². The van der Waals surface area contributed by atoms with Crippen LogP contribution in [0.4, 0.5) is 0 Å². The van der Waals surface area contributed by atoms with Crippen molar-refractivity contribution in [2.24, 2.45) is 5.73 Å². The molecule has 17 heavy (non-hydrogen) atoms. The highest BCUT2D eigenvalue weighted by atomic mass is 32.1. The van der Waals surface area contributed by atoms with Gasteiger partial charge in [0.25, 0.3) is 0 Å². The van der Waals surface area contributed by atoms with Gasteiger partial charge in [-0.05, 0) is 46.2 Å². The van der Waals surface area contributed by atoms with Crippen LogP contribution < -0.4 is 11.1 Å². The lowest BCUT2D eigenvalue weighted by Gasteiger charge is -2.20. The Hall–Kier alpha value is -0.680. The molecule has 0 aromatic rings. The number of nitrogens with one attached hydrogen (secondary N) is 1. The van der Waals surface area contributed by atoms with E-state index in [1.54, 1.807) is 0 Å². The molecule has 0 atom stereocenters. The quantitative estimate of drug-likeness (QED) is 0.484. The first-order valence-electron chi connectivity index (χ1n) is 6.25. The van der Waals surface area contributed by atoms with E-state index in [1.165, 1.54) is 0 Å². The number of nitrogens with two attached hydrogens (primary N) is 1. The number of hydrogen-bond donors (Lipinski definition) is 2. The molecule has 4 nitrogen and oxygen atoms in total. The van der Waals surface area contributed by atoms with Crippen LogP contribution in [0, 0.1) is 0 Å². The monoisotopic (exact) mass is 259 g/mol. The number of unbranched alkanes of at least 4 members (excludes halogenated alkanes) is 1. The number of carbonyl (C=O) groups excluding carboxylic acids is 1. The summed E-state index contributed by atoms with van der Waals surface area (Å²) in [5, 5.41) is 2.89. The van der Waals surface area contributed by atoms with Crippen LogP contribution in [-0.2, 0) is 4.79 Å². The van der Waals surface area contributed by atoms with E-state index >= 15 is 0 Å². The average Bonchev–Trinajstić information content (AvgIpc) is 2.21. The Morgan fingerprint density at radius 3 is 2.53 bits per heavy atom. The molecule has 0 fully saturated rings. The molecule has 0 heterocycles. The molecule has 0 spiro atoms. The summed E-state index contributed by atoms with van der Waals surface area (Å²) in [5.41, 5.74) is 5.43. The van der Waals surface area contributed by atoms with Gasteiger partial charge in [0, 0.05) is 6.04 Å². The highest BCUT2D eigenvalue weighted by Gasteiger charge is 2.09. The van der Waals surface area contributed by atoms with Gasteiger partial charge in [-0.1, -0.05) is 19.1 Å². The predicted molar refractivity (Wildman–Crippen MR) is 76.0 cm³/mol. The topological polar surface area (TPSA) is 58.4 Å². The number of likely N-dealkylation sites (N-methyl/N-ethyl adjacent to an activating group) is 1. The van der Waals surface area contributed by atoms with Crippen molar-refractivity contribution < 1.29 is 4.79 Å². The van der Waals surface area contributed by atoms with Crippen molar-refractivity contribution in [2.75, 3.05) is 19.6 Å². The van der Waals surface area contributed by atoms with Crippen LogP contribution in [0.1, 0.15) is 40.0 Å². The van der Waals surface area contributed by atoms with Crippen LogP contribution in [0.5, 0.6) is 0 Å². The van der Waals surface area contributed by atoms with E-state index in [-0.39, 0.29) is 11.9 Å². The second kappa shape index (κ2) is 9.36. The highest BCUT2D eigenvalue weighted by Crippen LogP contribution is 1.99. The molecule has 0 aliphatic heterocycles. The lowest BCUT2D eigenvalue weighted by Crippen LogP contribution is -2.40. The van der Waals surface area contributed by atoms with Crippen LogP contribution in [0.25, 0.3) is 0 Å². The van der Waals surface area contributed by atoms with E-state index in [9.17, 15) is 4.79 Å². The average molecular weight is 259 g/mol. The van der Waals surface area contributed by atoms with Crippen molar-refractivity contribution >= 4 is 23.1 Å². The molecule has 0 aliphatic rings. The van der Waals surface area contributed by atoms with Gasteiger partial charge in [0.1, 0.15) is 0 Å². The van der Waals surface area contributed by atoms with E-state index in [0.29, 0.717) is 11.5 Å². The van der Waals surface area contributed by atoms with Crippen LogP contribution in [0.3, 0.4) is 0 Å². The maximum atomic E-state index is 11.6. The first-order chi connectivity index (χ1) is 7.95. The minimum atomic E-state index is 0.0937. The molecular weight excluding hydrogens is 234 g/mol. The van der Waals surface area contributed by atoms with E-state index < -0.39 is 0 Å². The largest absolute Gasteiger partial charge is 0.393 e. The maximum Gasteiger partial charge on any atom is 0.234 e. The zero-order valence-corrected chi connectivity index (χ0v) is 12.0. The molecule has 0 rings (SSSR count). The number of nitrogens with zero attached hydrogens (tertiary/aromatic N) is 1. The number of hydrogen-bond acceptors (Lipinski definition) is 3. The van der Waals surface area contributed by atoms with E-state index in [1.807, 2.05) is 13.8 Å². The summed E-state index contributed by atoms with van der Waals surface area (Å²) < 4.78 is 0. The van der Waals surface area contributed by atoms with Gasteiger partial charge in [0.05, 0.1) is 11.5 Å². The van der Waals surface area contributed by atoms with Crippen molar-refractivity contribution in [3.8, 4) is 0 Å². The van der Waals surface area contributed by atoms with E-state index in [4.69, 9.17) is 18.0 Å². The minimum Gasteiger partial charge on any atom is -0.393 e. The summed E-state index contributed by atoms with van der Waals surface area (Å²) in [4.78, 5) is 14.3. The molecular formula is C12H25N3OS. The minimum absolute atomic E-state index is 0.0937. The Morgan fingerprint density at radius 1 is 1.41 bits per heavy atom. The Labute approximate surface area is 110 Å². The number of carbonyl (C=O) groups is 1. The van der Waals surface area contributed by atoms with Gasteiger partial charge in [-0.2, -0.15) is 0 Å². The van der Waals surface area contributed by atoms with Crippen molar-refractivity contribution in [1.82, 2.24) is 10.2 Å². The van der Waals surface area contributed by atoms with Gasteiger partial charge >= 0.3 is 0 Å². The maximum absolute atomic E-state index is 11.6. The van der Waals surface area contributed by atoms with Gasteiger partial charge in [-0.15, -0.1) is 0 Å². The highest BCUT2D eigenvalue weighted by molar-refractivity contribution is 7.80. The molecule has 0 saturated carbocycles. The van der Waals surface area contributed by atoms with Crippen LogP contribution in [0.15, 0.2) is 0 Å². The van der Waals surface area contributed by atoms with Gasteiger partial charge in [-0.3, -0.25) is 9.69 Å². The first kappa shape index (κ1) is 16.3. The summed E-state index contributed by atoms with van der Waals surface area (Å²) in [6.45, 7) is 8.29. The summed E-state index contributed by atoms with van der Waals surface area (Å²) in [5.74, 6) is 0.0937. The van der Waals surface area contributed by atoms with Gasteiger partial charge in [0.2, 0.25) is 5.91 Å². The SMILES string of the molecule is CCN(CCCCC(N)=S)CC(=O)NC(C)C. The fraction of sp³-hybridized carbons (Fsp3) is 0.833. The summed E-state index contributed by atoms with van der Waals surface area (Å²) >= 11 is 4.82. The fourth-order valence-electron chi connectivity index (χ4n) is 1.55.